The summed E-state index contributed by atoms with van der Waals surface area (Å²) in [6.07, 6.45) is 0. The molecule has 0 spiro atoms. The minimum absolute atomic E-state index is 0.158. The predicted octanol–water partition coefficient (Wildman–Crippen LogP) is 11.6. The smallest absolute Gasteiger partial charge is 0.208 e. The minimum Gasteiger partial charge on any atom is -0.208 e. The number of hydrogen-bond donors (Lipinski definition) is 0. The van der Waals surface area contributed by atoms with Crippen LogP contribution < -0.4 is 0 Å². The SMILES string of the molecule is Clc1nc(-c2ccc(-c3ccc(-c4ccccc4)cc3)cc2)nc(-c2cccc(C3(c4ccccc4)c4ccccc4-c4ccccc43)c2)n1. The fourth-order valence-corrected chi connectivity index (χ4v) is 7.67. The van der Waals surface area contributed by atoms with Crippen molar-refractivity contribution in [2.45, 2.75) is 5.41 Å². The van der Waals surface area contributed by atoms with Crippen LogP contribution in [0.5, 0.6) is 0 Å². The largest absolute Gasteiger partial charge is 0.226 e. The first-order chi connectivity index (χ1) is 24.7. The van der Waals surface area contributed by atoms with Crippen LogP contribution in [0.4, 0.5) is 0 Å². The molecular weight excluding hydrogens is 630 g/mol. The molecule has 0 N–H and O–H groups in total. The van der Waals surface area contributed by atoms with Crippen molar-refractivity contribution in [1.29, 1.82) is 0 Å². The average Bonchev–Trinajstić information content (AvgIpc) is 3.50. The van der Waals surface area contributed by atoms with E-state index in [2.05, 4.69) is 168 Å². The van der Waals surface area contributed by atoms with Gasteiger partial charge in [0.25, 0.3) is 0 Å². The molecule has 3 nitrogen and oxygen atoms in total. The van der Waals surface area contributed by atoms with Crippen molar-refractivity contribution in [2.75, 3.05) is 0 Å². The first kappa shape index (κ1) is 29.9. The Morgan fingerprint density at radius 1 is 0.340 bits per heavy atom. The Morgan fingerprint density at radius 2 is 0.760 bits per heavy atom. The molecule has 0 saturated heterocycles. The van der Waals surface area contributed by atoms with Crippen LogP contribution in [0.15, 0.2) is 182 Å². The summed E-state index contributed by atoms with van der Waals surface area (Å²) in [5, 5.41) is 0.158. The number of halogens is 1. The van der Waals surface area contributed by atoms with Crippen molar-refractivity contribution < 1.29 is 0 Å². The molecule has 1 aliphatic carbocycles. The van der Waals surface area contributed by atoms with Gasteiger partial charge in [0, 0.05) is 11.1 Å². The highest BCUT2D eigenvalue weighted by atomic mass is 35.5. The summed E-state index contributed by atoms with van der Waals surface area (Å²) in [4.78, 5) is 14.1. The van der Waals surface area contributed by atoms with E-state index in [9.17, 15) is 0 Å². The lowest BCUT2D eigenvalue weighted by Crippen LogP contribution is -2.28. The van der Waals surface area contributed by atoms with Gasteiger partial charge >= 0.3 is 0 Å². The van der Waals surface area contributed by atoms with Gasteiger partial charge in [-0.15, -0.1) is 0 Å². The number of aromatic nitrogens is 3. The van der Waals surface area contributed by atoms with Crippen molar-refractivity contribution in [1.82, 2.24) is 15.0 Å². The molecule has 0 bridgehead atoms. The lowest BCUT2D eigenvalue weighted by Gasteiger charge is -2.34. The third-order valence-electron chi connectivity index (χ3n) is 9.79. The van der Waals surface area contributed by atoms with Crippen LogP contribution in [0.2, 0.25) is 5.28 Å². The number of fused-ring (bicyclic) bond motifs is 3. The quantitative estimate of drug-likeness (QED) is 0.178. The van der Waals surface area contributed by atoms with Crippen LogP contribution in [0, 0.1) is 0 Å². The summed E-state index contributed by atoms with van der Waals surface area (Å²) in [7, 11) is 0. The Labute approximate surface area is 296 Å². The van der Waals surface area contributed by atoms with Crippen LogP contribution in [0.25, 0.3) is 56.2 Å². The molecule has 1 aliphatic rings. The van der Waals surface area contributed by atoms with Crippen molar-refractivity contribution in [2.24, 2.45) is 0 Å². The van der Waals surface area contributed by atoms with Gasteiger partial charge in [0.2, 0.25) is 5.28 Å². The summed E-state index contributed by atoms with van der Waals surface area (Å²) in [5.74, 6) is 1.07. The van der Waals surface area contributed by atoms with E-state index in [0.29, 0.717) is 11.6 Å². The van der Waals surface area contributed by atoms with Crippen molar-refractivity contribution >= 4 is 11.6 Å². The first-order valence-electron chi connectivity index (χ1n) is 16.7. The van der Waals surface area contributed by atoms with Gasteiger partial charge in [-0.25, -0.2) is 4.98 Å². The van der Waals surface area contributed by atoms with E-state index in [-0.39, 0.29) is 5.28 Å². The highest BCUT2D eigenvalue weighted by Crippen LogP contribution is 2.56. The Hall–Kier alpha value is -6.16. The summed E-state index contributed by atoms with van der Waals surface area (Å²) in [6, 6.07) is 64.2. The lowest BCUT2D eigenvalue weighted by molar-refractivity contribution is 0.768. The van der Waals surface area contributed by atoms with Crippen molar-refractivity contribution in [3.63, 3.8) is 0 Å². The molecule has 0 fully saturated rings. The molecule has 0 saturated carbocycles. The van der Waals surface area contributed by atoms with E-state index in [0.717, 1.165) is 27.8 Å². The Bertz CT molecular complexity index is 2430. The van der Waals surface area contributed by atoms with Gasteiger partial charge < -0.3 is 0 Å². The Kier molecular flexibility index (Phi) is 7.41. The molecule has 0 unspecified atom stereocenters. The zero-order chi connectivity index (χ0) is 33.5. The normalized spacial score (nSPS) is 12.7. The molecule has 1 aromatic heterocycles. The molecule has 50 heavy (non-hydrogen) atoms. The van der Waals surface area contributed by atoms with E-state index in [1.54, 1.807) is 0 Å². The fraction of sp³-hybridized carbons (Fsp3) is 0.0217. The van der Waals surface area contributed by atoms with E-state index in [1.165, 1.54) is 38.9 Å². The van der Waals surface area contributed by atoms with Crippen molar-refractivity contribution in [3.8, 4) is 56.2 Å². The monoisotopic (exact) mass is 659 g/mol. The molecule has 236 valence electrons. The second kappa shape index (κ2) is 12.4. The van der Waals surface area contributed by atoms with Gasteiger partial charge in [0.05, 0.1) is 5.41 Å². The minimum atomic E-state index is -0.515. The van der Waals surface area contributed by atoms with Gasteiger partial charge in [-0.1, -0.05) is 176 Å². The maximum Gasteiger partial charge on any atom is 0.226 e. The zero-order valence-electron chi connectivity index (χ0n) is 27.0. The molecule has 4 heteroatoms. The third kappa shape index (κ3) is 5.03. The maximum atomic E-state index is 6.60. The standard InChI is InChI=1S/C46H30ClN3/c47-45-49-43(35-28-26-34(27-29-35)33-24-22-32(23-25-33)31-12-3-1-4-13-31)48-44(50-45)36-14-11-17-38(30-36)46(37-15-5-2-6-16-37)41-20-9-7-18-39(41)40-19-8-10-21-42(40)46/h1-30H. The number of rotatable bonds is 6. The van der Waals surface area contributed by atoms with Gasteiger partial charge in [0.15, 0.2) is 11.6 Å². The molecule has 7 aromatic carbocycles. The van der Waals surface area contributed by atoms with E-state index >= 15 is 0 Å². The summed E-state index contributed by atoms with van der Waals surface area (Å²) in [5.41, 5.74) is 13.2. The molecule has 0 radical (unpaired) electrons. The van der Waals surface area contributed by atoms with Gasteiger partial charge in [-0.05, 0) is 73.3 Å². The van der Waals surface area contributed by atoms with Crippen LogP contribution in [-0.2, 0) is 5.41 Å². The fourth-order valence-electron chi connectivity index (χ4n) is 7.51. The Morgan fingerprint density at radius 3 is 1.34 bits per heavy atom. The lowest BCUT2D eigenvalue weighted by atomic mass is 9.67. The number of benzene rings is 7. The van der Waals surface area contributed by atoms with E-state index < -0.39 is 5.41 Å². The summed E-state index contributed by atoms with van der Waals surface area (Å²) >= 11 is 6.60. The number of nitrogens with zero attached hydrogens (tertiary/aromatic N) is 3. The summed E-state index contributed by atoms with van der Waals surface area (Å²) in [6.45, 7) is 0. The van der Waals surface area contributed by atoms with Gasteiger partial charge in [-0.3, -0.25) is 0 Å². The molecule has 1 heterocycles. The second-order valence-corrected chi connectivity index (χ2v) is 12.9. The molecule has 0 amide bonds. The predicted molar refractivity (Wildman–Crippen MR) is 204 cm³/mol. The average molecular weight is 660 g/mol. The summed E-state index contributed by atoms with van der Waals surface area (Å²) < 4.78 is 0. The van der Waals surface area contributed by atoms with E-state index in [4.69, 9.17) is 16.6 Å². The second-order valence-electron chi connectivity index (χ2n) is 12.6. The van der Waals surface area contributed by atoms with Crippen LogP contribution in [0.3, 0.4) is 0 Å². The highest BCUT2D eigenvalue weighted by molar-refractivity contribution is 6.28. The zero-order valence-corrected chi connectivity index (χ0v) is 27.8. The molecule has 0 aliphatic heterocycles. The molecular formula is C46H30ClN3. The molecule has 9 rings (SSSR count). The third-order valence-corrected chi connectivity index (χ3v) is 9.96. The van der Waals surface area contributed by atoms with E-state index in [1.807, 2.05) is 24.3 Å². The topological polar surface area (TPSA) is 38.7 Å². The number of hydrogen-bond acceptors (Lipinski definition) is 3. The Balaban J connectivity index is 1.10. The van der Waals surface area contributed by atoms with Gasteiger partial charge in [-0.2, -0.15) is 9.97 Å². The van der Waals surface area contributed by atoms with Crippen LogP contribution in [-0.4, -0.2) is 15.0 Å². The first-order valence-corrected chi connectivity index (χ1v) is 17.1. The highest BCUT2D eigenvalue weighted by Gasteiger charge is 2.45. The van der Waals surface area contributed by atoms with Gasteiger partial charge in [0.1, 0.15) is 0 Å². The molecule has 8 aromatic rings. The maximum absolute atomic E-state index is 6.60. The van der Waals surface area contributed by atoms with Crippen LogP contribution in [0.1, 0.15) is 22.3 Å². The van der Waals surface area contributed by atoms with Crippen molar-refractivity contribution in [3.05, 3.63) is 210 Å². The van der Waals surface area contributed by atoms with Crippen LogP contribution >= 0.6 is 11.6 Å². The molecule has 0 atom stereocenters.